The highest BCUT2D eigenvalue weighted by atomic mass is 16.5. The van der Waals surface area contributed by atoms with Crippen molar-refractivity contribution in [3.8, 4) is 28.8 Å². The molecule has 12 heteroatoms. The molecule has 0 unspecified atom stereocenters. The molecule has 0 spiro atoms. The Balaban J connectivity index is 1.33. The molecule has 4 aromatic rings. The molecule has 206 valence electrons. The molecule has 3 aromatic heterocycles. The van der Waals surface area contributed by atoms with Crippen LogP contribution in [0.3, 0.4) is 0 Å². The maximum Gasteiger partial charge on any atom is 0.257 e. The van der Waals surface area contributed by atoms with Gasteiger partial charge in [0.25, 0.3) is 5.88 Å². The molecule has 3 N–H and O–H groups in total. The van der Waals surface area contributed by atoms with Crippen molar-refractivity contribution in [1.29, 1.82) is 5.26 Å². The first-order chi connectivity index (χ1) is 19.6. The zero-order chi connectivity index (χ0) is 27.7. The van der Waals surface area contributed by atoms with Gasteiger partial charge in [0, 0.05) is 18.0 Å². The van der Waals surface area contributed by atoms with E-state index in [4.69, 9.17) is 24.7 Å². The fourth-order valence-corrected chi connectivity index (χ4v) is 4.57. The molecule has 3 heterocycles. The molecule has 0 amide bonds. The molecule has 1 aromatic carbocycles. The number of oxazole rings is 1. The number of nitriles is 1. The summed E-state index contributed by atoms with van der Waals surface area (Å²) in [6, 6.07) is 7.84. The first-order valence-corrected chi connectivity index (χ1v) is 13.2. The highest BCUT2D eigenvalue weighted by molar-refractivity contribution is 5.67. The predicted octanol–water partition coefficient (Wildman–Crippen LogP) is 4.78. The van der Waals surface area contributed by atoms with E-state index in [2.05, 4.69) is 31.3 Å². The van der Waals surface area contributed by atoms with Gasteiger partial charge < -0.3 is 24.9 Å². The number of ether oxygens (including phenoxy) is 2. The molecule has 1 aliphatic rings. The molecule has 1 fully saturated rings. The van der Waals surface area contributed by atoms with Crippen LogP contribution in [0.5, 0.6) is 11.6 Å². The van der Waals surface area contributed by atoms with E-state index in [1.54, 1.807) is 30.7 Å². The summed E-state index contributed by atoms with van der Waals surface area (Å²) < 4.78 is 19.2. The molecule has 0 bridgehead atoms. The summed E-state index contributed by atoms with van der Waals surface area (Å²) in [6.07, 6.45) is 15.2. The highest BCUT2D eigenvalue weighted by Gasteiger charge is 2.21. The van der Waals surface area contributed by atoms with E-state index in [0.717, 1.165) is 24.0 Å². The average molecular weight is 542 g/mol. The minimum atomic E-state index is -0.250. The van der Waals surface area contributed by atoms with Crippen molar-refractivity contribution in [3.63, 3.8) is 0 Å². The van der Waals surface area contributed by atoms with Gasteiger partial charge in [-0.2, -0.15) is 5.26 Å². The average Bonchev–Trinajstić information content (AvgIpc) is 3.66. The van der Waals surface area contributed by atoms with Crippen LogP contribution in [0.4, 0.5) is 11.6 Å². The summed E-state index contributed by atoms with van der Waals surface area (Å²) in [7, 11) is 0. The van der Waals surface area contributed by atoms with Crippen LogP contribution in [0.1, 0.15) is 56.5 Å². The van der Waals surface area contributed by atoms with E-state index in [1.165, 1.54) is 31.9 Å². The molecule has 40 heavy (non-hydrogen) atoms. The number of nitrogens with one attached hydrogen (secondary N) is 1. The van der Waals surface area contributed by atoms with E-state index < -0.39 is 0 Å². The SMILES string of the molecule is C[C@@H](CN=CN)Oc1cc(-c2cnc(Nc3cn(C4CCCCC4)nc3OCc3ncco3)nc2)ccc1C#N. The summed E-state index contributed by atoms with van der Waals surface area (Å²) in [6.45, 7) is 2.41. The Hall–Kier alpha value is -4.92. The third-order valence-electron chi connectivity index (χ3n) is 6.59. The Kier molecular flexibility index (Phi) is 8.50. The van der Waals surface area contributed by atoms with Crippen molar-refractivity contribution in [2.75, 3.05) is 11.9 Å². The molecule has 1 atom stereocenters. The number of hydrogen-bond acceptors (Lipinski definition) is 10. The van der Waals surface area contributed by atoms with Gasteiger partial charge in [0.2, 0.25) is 11.8 Å². The molecule has 1 saturated carbocycles. The standard InChI is InChI=1S/C28H31N9O3/c1-19(13-31-18-30)40-25-11-20(7-8-21(25)12-29)22-14-33-28(34-15-22)35-24-16-37(23-5-3-2-4-6-23)36-27(24)39-17-26-32-9-10-38-26/h7-11,14-16,18-19,23H,2-6,13,17H2,1H3,(H2,30,31)(H,33,34,35)/t19-/m0/s1. The number of benzene rings is 1. The van der Waals surface area contributed by atoms with Gasteiger partial charge in [-0.25, -0.2) is 15.0 Å². The van der Waals surface area contributed by atoms with Crippen LogP contribution in [0, 0.1) is 11.3 Å². The first kappa shape index (κ1) is 26.7. The summed E-state index contributed by atoms with van der Waals surface area (Å²) >= 11 is 0. The van der Waals surface area contributed by atoms with Crippen LogP contribution in [0.25, 0.3) is 11.1 Å². The second-order valence-corrected chi connectivity index (χ2v) is 9.52. The molecule has 0 radical (unpaired) electrons. The van der Waals surface area contributed by atoms with Gasteiger partial charge in [-0.05, 0) is 37.5 Å². The van der Waals surface area contributed by atoms with Gasteiger partial charge in [-0.15, -0.1) is 5.10 Å². The van der Waals surface area contributed by atoms with Crippen molar-refractivity contribution in [2.24, 2.45) is 10.7 Å². The molecule has 1 aliphatic carbocycles. The van der Waals surface area contributed by atoms with Gasteiger partial charge in [0.15, 0.2) is 6.61 Å². The maximum absolute atomic E-state index is 9.51. The van der Waals surface area contributed by atoms with Gasteiger partial charge >= 0.3 is 0 Å². The summed E-state index contributed by atoms with van der Waals surface area (Å²) in [5.74, 6) is 1.75. The van der Waals surface area contributed by atoms with Gasteiger partial charge in [0.1, 0.15) is 29.9 Å². The largest absolute Gasteiger partial charge is 0.487 e. The van der Waals surface area contributed by atoms with Crippen LogP contribution in [-0.4, -0.2) is 43.7 Å². The quantitative estimate of drug-likeness (QED) is 0.199. The van der Waals surface area contributed by atoms with Crippen molar-refractivity contribution >= 4 is 18.0 Å². The molecule has 0 saturated heterocycles. The number of aliphatic imine (C=N–C) groups is 1. The normalized spacial score (nSPS) is 14.6. The summed E-state index contributed by atoms with van der Waals surface area (Å²) in [5, 5.41) is 17.5. The third kappa shape index (κ3) is 6.55. The van der Waals surface area contributed by atoms with Crippen LogP contribution < -0.4 is 20.5 Å². The molecular formula is C28H31N9O3. The smallest absolute Gasteiger partial charge is 0.257 e. The molecule has 5 rings (SSSR count). The number of hydrogen-bond donors (Lipinski definition) is 2. The van der Waals surface area contributed by atoms with Gasteiger partial charge in [0.05, 0.1) is 36.9 Å². The van der Waals surface area contributed by atoms with Crippen LogP contribution in [0.2, 0.25) is 0 Å². The van der Waals surface area contributed by atoms with Crippen LogP contribution >= 0.6 is 0 Å². The lowest BCUT2D eigenvalue weighted by atomic mass is 9.96. The summed E-state index contributed by atoms with van der Waals surface area (Å²) in [4.78, 5) is 17.1. The molecular weight excluding hydrogens is 510 g/mol. The summed E-state index contributed by atoms with van der Waals surface area (Å²) in [5.41, 5.74) is 8.00. The minimum absolute atomic E-state index is 0.156. The van der Waals surface area contributed by atoms with Crippen LogP contribution in [-0.2, 0) is 6.61 Å². The fourth-order valence-electron chi connectivity index (χ4n) is 4.57. The van der Waals surface area contributed by atoms with Gasteiger partial charge in [-0.1, -0.05) is 25.3 Å². The Morgan fingerprint density at radius 1 is 1.23 bits per heavy atom. The Morgan fingerprint density at radius 2 is 2.05 bits per heavy atom. The Bertz CT molecular complexity index is 1450. The predicted molar refractivity (Wildman–Crippen MR) is 148 cm³/mol. The Morgan fingerprint density at radius 3 is 2.77 bits per heavy atom. The number of rotatable bonds is 11. The zero-order valence-electron chi connectivity index (χ0n) is 22.2. The second kappa shape index (κ2) is 12.8. The second-order valence-electron chi connectivity index (χ2n) is 9.52. The van der Waals surface area contributed by atoms with Gasteiger partial charge in [-0.3, -0.25) is 9.67 Å². The highest BCUT2D eigenvalue weighted by Crippen LogP contribution is 2.33. The Labute approximate surface area is 231 Å². The lowest BCUT2D eigenvalue weighted by Crippen LogP contribution is -2.16. The van der Waals surface area contributed by atoms with Crippen molar-refractivity contribution in [3.05, 3.63) is 60.7 Å². The monoisotopic (exact) mass is 541 g/mol. The van der Waals surface area contributed by atoms with E-state index in [1.807, 2.05) is 23.9 Å². The number of nitrogens with two attached hydrogens (primary N) is 1. The van der Waals surface area contributed by atoms with Crippen LogP contribution in [0.15, 0.2) is 58.7 Å². The molecule has 12 nitrogen and oxygen atoms in total. The van der Waals surface area contributed by atoms with E-state index >= 15 is 0 Å². The number of anilines is 2. The zero-order valence-corrected chi connectivity index (χ0v) is 22.2. The van der Waals surface area contributed by atoms with E-state index in [9.17, 15) is 5.26 Å². The van der Waals surface area contributed by atoms with E-state index in [0.29, 0.717) is 47.3 Å². The maximum atomic E-state index is 9.51. The van der Waals surface area contributed by atoms with Crippen molar-refractivity contribution in [1.82, 2.24) is 24.7 Å². The van der Waals surface area contributed by atoms with Crippen molar-refractivity contribution < 1.29 is 13.9 Å². The lowest BCUT2D eigenvalue weighted by Gasteiger charge is -2.21. The number of aromatic nitrogens is 5. The lowest BCUT2D eigenvalue weighted by molar-refractivity contribution is 0.230. The topological polar surface area (TPSA) is 162 Å². The molecule has 0 aliphatic heterocycles. The number of nitrogens with zero attached hydrogens (tertiary/aromatic N) is 7. The van der Waals surface area contributed by atoms with E-state index in [-0.39, 0.29) is 12.7 Å². The fraction of sp³-hybridized carbons (Fsp3) is 0.357. The van der Waals surface area contributed by atoms with Crippen molar-refractivity contribution in [2.45, 2.75) is 57.8 Å². The minimum Gasteiger partial charge on any atom is -0.487 e. The first-order valence-electron chi connectivity index (χ1n) is 13.2. The third-order valence-corrected chi connectivity index (χ3v) is 6.59.